The van der Waals surface area contributed by atoms with Gasteiger partial charge in [-0.25, -0.2) is 9.98 Å². The number of aromatic nitrogens is 1. The maximum Gasteiger partial charge on any atom is 0.194 e. The summed E-state index contributed by atoms with van der Waals surface area (Å²) in [4.78, 5) is 11.3. The van der Waals surface area contributed by atoms with Crippen molar-refractivity contribution in [3.8, 4) is 11.5 Å². The Balaban J connectivity index is 2.17. The van der Waals surface area contributed by atoms with Crippen molar-refractivity contribution in [1.29, 1.82) is 0 Å². The number of halogens is 1. The van der Waals surface area contributed by atoms with Crippen LogP contribution in [0.3, 0.4) is 0 Å². The third-order valence-corrected chi connectivity index (χ3v) is 4.85. The molecule has 0 bridgehead atoms. The number of nitrogens with one attached hydrogen (secondary N) is 1. The molecule has 8 heteroatoms. The molecular weight excluding hydrogens is 384 g/mol. The molecule has 27 heavy (non-hydrogen) atoms. The van der Waals surface area contributed by atoms with Gasteiger partial charge >= 0.3 is 0 Å². The molecule has 0 aliphatic carbocycles. The van der Waals surface area contributed by atoms with E-state index in [0.717, 1.165) is 28.8 Å². The van der Waals surface area contributed by atoms with Gasteiger partial charge in [0.15, 0.2) is 17.5 Å². The smallest absolute Gasteiger partial charge is 0.194 e. The number of aryl methyl sites for hydroxylation is 1. The molecule has 1 aromatic carbocycles. The minimum absolute atomic E-state index is 0.477. The summed E-state index contributed by atoms with van der Waals surface area (Å²) in [6.45, 7) is 8.46. The first kappa shape index (κ1) is 21.3. The van der Waals surface area contributed by atoms with Crippen LogP contribution in [-0.2, 0) is 13.1 Å². The zero-order chi connectivity index (χ0) is 19.8. The molecule has 1 aromatic heterocycles. The number of ether oxygens (including phenoxy) is 2. The van der Waals surface area contributed by atoms with Gasteiger partial charge in [0.25, 0.3) is 0 Å². The summed E-state index contributed by atoms with van der Waals surface area (Å²) >= 11 is 8.01. The van der Waals surface area contributed by atoms with Crippen LogP contribution in [-0.4, -0.2) is 43.2 Å². The van der Waals surface area contributed by atoms with Crippen LogP contribution in [0.5, 0.6) is 11.5 Å². The highest BCUT2D eigenvalue weighted by atomic mass is 35.5. The summed E-state index contributed by atoms with van der Waals surface area (Å²) in [5.74, 6) is 2.00. The molecule has 0 fully saturated rings. The fraction of sp³-hybridized carbons (Fsp3) is 0.474. The highest BCUT2D eigenvalue weighted by Gasteiger charge is 2.13. The Morgan fingerprint density at radius 3 is 2.74 bits per heavy atom. The Morgan fingerprint density at radius 2 is 2.15 bits per heavy atom. The third-order valence-electron chi connectivity index (χ3n) is 3.75. The Morgan fingerprint density at radius 1 is 1.37 bits per heavy atom. The van der Waals surface area contributed by atoms with Crippen molar-refractivity contribution in [2.75, 3.05) is 27.3 Å². The van der Waals surface area contributed by atoms with Crippen LogP contribution in [0.1, 0.15) is 30.1 Å². The first-order valence-corrected chi connectivity index (χ1v) is 10.1. The first-order chi connectivity index (χ1) is 13.0. The van der Waals surface area contributed by atoms with Crippen LogP contribution in [0.2, 0.25) is 5.02 Å². The van der Waals surface area contributed by atoms with E-state index in [1.165, 1.54) is 0 Å². The van der Waals surface area contributed by atoms with Crippen molar-refractivity contribution in [3.63, 3.8) is 0 Å². The number of hydrogen-bond donors (Lipinski definition) is 1. The summed E-state index contributed by atoms with van der Waals surface area (Å²) in [7, 11) is 3.61. The maximum atomic E-state index is 6.35. The fourth-order valence-corrected chi connectivity index (χ4v) is 3.48. The lowest BCUT2D eigenvalue weighted by Crippen LogP contribution is -2.38. The molecule has 6 nitrogen and oxygen atoms in total. The highest BCUT2D eigenvalue weighted by molar-refractivity contribution is 7.09. The van der Waals surface area contributed by atoms with Gasteiger partial charge in [0, 0.05) is 19.0 Å². The summed E-state index contributed by atoms with van der Waals surface area (Å²) < 4.78 is 11.0. The molecule has 0 radical (unpaired) electrons. The molecule has 0 aliphatic rings. The number of benzene rings is 1. The number of hydrogen-bond acceptors (Lipinski definition) is 5. The molecule has 1 N–H and O–H groups in total. The summed E-state index contributed by atoms with van der Waals surface area (Å²) in [6.07, 6.45) is 0. The largest absolute Gasteiger partial charge is 0.493 e. The van der Waals surface area contributed by atoms with E-state index in [4.69, 9.17) is 26.1 Å². The van der Waals surface area contributed by atoms with Crippen molar-refractivity contribution in [1.82, 2.24) is 15.2 Å². The Hall–Kier alpha value is -1.99. The van der Waals surface area contributed by atoms with Gasteiger partial charge in [-0.2, -0.15) is 0 Å². The van der Waals surface area contributed by atoms with Crippen molar-refractivity contribution < 1.29 is 9.47 Å². The number of nitrogens with zero attached hydrogens (tertiary/aromatic N) is 3. The number of methoxy groups -OCH3 is 1. The first-order valence-electron chi connectivity index (χ1n) is 8.88. The predicted molar refractivity (Wildman–Crippen MR) is 112 cm³/mol. The zero-order valence-electron chi connectivity index (χ0n) is 16.5. The molecule has 1 heterocycles. The van der Waals surface area contributed by atoms with Crippen molar-refractivity contribution in [3.05, 3.63) is 38.8 Å². The number of thiazole rings is 1. The SMILES string of the molecule is CCNC(=NCc1cc(Cl)c(OCC)c(OC)c1)N(C)Cc1csc(C)n1. The minimum Gasteiger partial charge on any atom is -0.493 e. The molecule has 2 rings (SSSR count). The zero-order valence-corrected chi connectivity index (χ0v) is 18.1. The van der Waals surface area contributed by atoms with Gasteiger partial charge in [0.05, 0.1) is 42.5 Å². The highest BCUT2D eigenvalue weighted by Crippen LogP contribution is 2.36. The molecule has 0 unspecified atom stereocenters. The van der Waals surface area contributed by atoms with Gasteiger partial charge in [-0.3, -0.25) is 0 Å². The van der Waals surface area contributed by atoms with Gasteiger partial charge in [0.1, 0.15) is 0 Å². The van der Waals surface area contributed by atoms with Gasteiger partial charge in [-0.05, 0) is 38.5 Å². The van der Waals surface area contributed by atoms with Crippen molar-refractivity contribution in [2.24, 2.45) is 4.99 Å². The van der Waals surface area contributed by atoms with Gasteiger partial charge < -0.3 is 19.7 Å². The average Bonchev–Trinajstić information content (AvgIpc) is 3.05. The van der Waals surface area contributed by atoms with Crippen LogP contribution in [0.4, 0.5) is 0 Å². The molecule has 0 aliphatic heterocycles. The summed E-state index contributed by atoms with van der Waals surface area (Å²) in [5, 5.41) is 6.98. The van der Waals surface area contributed by atoms with E-state index >= 15 is 0 Å². The molecule has 148 valence electrons. The lowest BCUT2D eigenvalue weighted by atomic mass is 10.2. The number of aliphatic imine (C=N–C) groups is 1. The average molecular weight is 411 g/mol. The second kappa shape index (κ2) is 10.4. The second-order valence-corrected chi connectivity index (χ2v) is 7.40. The molecule has 0 saturated heterocycles. The lowest BCUT2D eigenvalue weighted by Gasteiger charge is -2.21. The van der Waals surface area contributed by atoms with Crippen LogP contribution in [0, 0.1) is 6.92 Å². The molecule has 0 amide bonds. The maximum absolute atomic E-state index is 6.35. The molecule has 0 spiro atoms. The molecule has 0 saturated carbocycles. The van der Waals surface area contributed by atoms with Crippen LogP contribution in [0.15, 0.2) is 22.5 Å². The standard InChI is InChI=1S/C19H27ClN4O2S/c1-6-21-19(24(4)11-15-12-27-13(3)23-15)22-10-14-8-16(20)18(26-7-2)17(9-14)25-5/h8-9,12H,6-7,10-11H2,1-5H3,(H,21,22). The normalized spacial score (nSPS) is 11.4. The third kappa shape index (κ3) is 6.01. The van der Waals surface area contributed by atoms with Crippen LogP contribution < -0.4 is 14.8 Å². The van der Waals surface area contributed by atoms with E-state index in [2.05, 4.69) is 20.6 Å². The Labute approximate surface area is 170 Å². The van der Waals surface area contributed by atoms with E-state index < -0.39 is 0 Å². The van der Waals surface area contributed by atoms with Crippen LogP contribution in [0.25, 0.3) is 0 Å². The lowest BCUT2D eigenvalue weighted by molar-refractivity contribution is 0.311. The van der Waals surface area contributed by atoms with E-state index in [-0.39, 0.29) is 0 Å². The Kier molecular flexibility index (Phi) is 8.19. The fourth-order valence-electron chi connectivity index (χ4n) is 2.58. The van der Waals surface area contributed by atoms with E-state index in [0.29, 0.717) is 36.2 Å². The predicted octanol–water partition coefficient (Wildman–Crippen LogP) is 4.11. The van der Waals surface area contributed by atoms with Gasteiger partial charge in [-0.1, -0.05) is 11.6 Å². The van der Waals surface area contributed by atoms with E-state index in [1.54, 1.807) is 18.4 Å². The van der Waals surface area contributed by atoms with Crippen molar-refractivity contribution >= 4 is 28.9 Å². The minimum atomic E-state index is 0.477. The number of rotatable bonds is 8. The van der Waals surface area contributed by atoms with E-state index in [1.807, 2.05) is 40.0 Å². The topological polar surface area (TPSA) is 59.0 Å². The Bertz CT molecular complexity index is 779. The second-order valence-electron chi connectivity index (χ2n) is 5.93. The van der Waals surface area contributed by atoms with Gasteiger partial charge in [-0.15, -0.1) is 11.3 Å². The molecule has 0 atom stereocenters. The summed E-state index contributed by atoms with van der Waals surface area (Å²) in [6, 6.07) is 3.78. The molecule has 2 aromatic rings. The van der Waals surface area contributed by atoms with Crippen LogP contribution >= 0.6 is 22.9 Å². The number of guanidine groups is 1. The van der Waals surface area contributed by atoms with Crippen molar-refractivity contribution in [2.45, 2.75) is 33.9 Å². The van der Waals surface area contributed by atoms with E-state index in [9.17, 15) is 0 Å². The molecular formula is C19H27ClN4O2S. The summed E-state index contributed by atoms with van der Waals surface area (Å²) in [5.41, 5.74) is 1.99. The monoisotopic (exact) mass is 410 g/mol. The quantitative estimate of drug-likeness (QED) is 0.524. The van der Waals surface area contributed by atoms with Gasteiger partial charge in [0.2, 0.25) is 0 Å².